The van der Waals surface area contributed by atoms with E-state index in [-0.39, 0.29) is 0 Å². The number of methoxy groups -OCH3 is 1. The van der Waals surface area contributed by atoms with Gasteiger partial charge in [-0.15, -0.1) is 0 Å². The molecule has 0 aromatic heterocycles. The number of hydrogen-bond donors (Lipinski definition) is 1. The van der Waals surface area contributed by atoms with Crippen LogP contribution in [0, 0.1) is 10.1 Å². The number of nitrogens with zero attached hydrogens (tertiary/aromatic N) is 1. The van der Waals surface area contributed by atoms with Gasteiger partial charge in [-0.1, -0.05) is 6.07 Å². The maximum atomic E-state index is 11.3. The third kappa shape index (κ3) is 2.57. The topological polar surface area (TPSA) is 130 Å². The first-order valence-corrected chi connectivity index (χ1v) is 5.72. The summed E-state index contributed by atoms with van der Waals surface area (Å²) in [6.07, 6.45) is 0. The molecule has 17 heavy (non-hydrogen) atoms. The largest absolute Gasteiger partial charge is 0.465 e. The van der Waals surface area contributed by atoms with Gasteiger partial charge in [-0.2, -0.15) is 0 Å². The van der Waals surface area contributed by atoms with Gasteiger partial charge in [0.2, 0.25) is 10.0 Å². The molecule has 0 atom stereocenters. The summed E-state index contributed by atoms with van der Waals surface area (Å²) in [5.74, 6) is -1.02. The number of rotatable bonds is 3. The van der Waals surface area contributed by atoms with Crippen molar-refractivity contribution < 1.29 is 22.9 Å². The highest BCUT2D eigenvalue weighted by atomic mass is 32.2. The zero-order valence-corrected chi connectivity index (χ0v) is 9.43. The molecule has 0 unspecified atom stereocenters. The van der Waals surface area contributed by atoms with E-state index in [9.17, 15) is 23.3 Å². The summed E-state index contributed by atoms with van der Waals surface area (Å²) in [6, 6.07) is 3.18. The maximum Gasteiger partial charge on any atom is 0.339 e. The van der Waals surface area contributed by atoms with Crippen molar-refractivity contribution in [3.05, 3.63) is 33.9 Å². The molecule has 0 fully saturated rings. The average Bonchev–Trinajstić information content (AvgIpc) is 2.25. The van der Waals surface area contributed by atoms with Crippen LogP contribution in [-0.2, 0) is 14.8 Å². The lowest BCUT2D eigenvalue weighted by Gasteiger charge is -2.05. The summed E-state index contributed by atoms with van der Waals surface area (Å²) in [5, 5.41) is 15.5. The van der Waals surface area contributed by atoms with Gasteiger partial charge < -0.3 is 4.74 Å². The number of nitrogens with two attached hydrogens (primary N) is 1. The molecule has 9 heteroatoms. The Morgan fingerprint density at radius 2 is 2.06 bits per heavy atom. The highest BCUT2D eigenvalue weighted by Gasteiger charge is 2.29. The summed E-state index contributed by atoms with van der Waals surface area (Å²) in [7, 11) is -3.38. The highest BCUT2D eigenvalue weighted by molar-refractivity contribution is 7.89. The van der Waals surface area contributed by atoms with Crippen LogP contribution >= 0.6 is 0 Å². The van der Waals surface area contributed by atoms with Crippen molar-refractivity contribution >= 4 is 21.7 Å². The Morgan fingerprint density at radius 1 is 1.47 bits per heavy atom. The standard InChI is InChI=1S/C8H8N2O6S/c1-16-8(11)5-3-2-4-6(10(12)13)7(5)17(9,14)15/h2-4H,1H3,(H2,9,14,15). The second-order valence-corrected chi connectivity index (χ2v) is 4.45. The monoisotopic (exact) mass is 260 g/mol. The molecule has 0 radical (unpaired) electrons. The number of ether oxygens (including phenoxy) is 1. The van der Waals surface area contributed by atoms with Gasteiger partial charge in [0.15, 0.2) is 4.90 Å². The van der Waals surface area contributed by atoms with Gasteiger partial charge in [-0.3, -0.25) is 10.1 Å². The Hall–Kier alpha value is -2.00. The fourth-order valence-electron chi connectivity index (χ4n) is 1.24. The molecule has 0 bridgehead atoms. The fraction of sp³-hybridized carbons (Fsp3) is 0.125. The number of benzene rings is 1. The van der Waals surface area contributed by atoms with Crippen molar-refractivity contribution in [2.45, 2.75) is 4.90 Å². The van der Waals surface area contributed by atoms with Crippen LogP contribution in [0.2, 0.25) is 0 Å². The van der Waals surface area contributed by atoms with Crippen molar-refractivity contribution in [3.63, 3.8) is 0 Å². The van der Waals surface area contributed by atoms with Gasteiger partial charge >= 0.3 is 5.97 Å². The summed E-state index contributed by atoms with van der Waals surface area (Å²) >= 11 is 0. The van der Waals surface area contributed by atoms with Crippen molar-refractivity contribution in [3.8, 4) is 0 Å². The van der Waals surface area contributed by atoms with Crippen LogP contribution in [0.3, 0.4) is 0 Å². The van der Waals surface area contributed by atoms with Gasteiger partial charge in [0.05, 0.1) is 17.6 Å². The van der Waals surface area contributed by atoms with E-state index in [4.69, 9.17) is 5.14 Å². The summed E-state index contributed by atoms with van der Waals surface area (Å²) < 4.78 is 26.9. The average molecular weight is 260 g/mol. The van der Waals surface area contributed by atoms with Crippen LogP contribution in [0.15, 0.2) is 23.1 Å². The van der Waals surface area contributed by atoms with Crippen molar-refractivity contribution in [2.75, 3.05) is 7.11 Å². The van der Waals surface area contributed by atoms with E-state index < -0.39 is 37.1 Å². The van der Waals surface area contributed by atoms with Gasteiger partial charge in [-0.25, -0.2) is 18.4 Å². The van der Waals surface area contributed by atoms with Gasteiger partial charge in [0.1, 0.15) is 0 Å². The van der Waals surface area contributed by atoms with Gasteiger partial charge in [-0.05, 0) is 6.07 Å². The highest BCUT2D eigenvalue weighted by Crippen LogP contribution is 2.26. The zero-order chi connectivity index (χ0) is 13.2. The molecule has 0 heterocycles. The second kappa shape index (κ2) is 4.47. The number of hydrogen-bond acceptors (Lipinski definition) is 6. The predicted molar refractivity (Wildman–Crippen MR) is 55.8 cm³/mol. The first kappa shape index (κ1) is 13.1. The molecule has 0 aliphatic heterocycles. The van der Waals surface area contributed by atoms with Gasteiger partial charge in [0.25, 0.3) is 5.69 Å². The molecule has 1 aromatic carbocycles. The molecule has 92 valence electrons. The quantitative estimate of drug-likeness (QED) is 0.463. The molecule has 0 spiro atoms. The Kier molecular flexibility index (Phi) is 3.44. The molecule has 8 nitrogen and oxygen atoms in total. The Labute approximate surface area is 96.2 Å². The SMILES string of the molecule is COC(=O)c1cccc([N+](=O)[O-])c1S(N)(=O)=O. The second-order valence-electron chi connectivity index (χ2n) is 2.95. The number of sulfonamides is 1. The lowest BCUT2D eigenvalue weighted by Crippen LogP contribution is -2.19. The van der Waals surface area contributed by atoms with E-state index in [0.717, 1.165) is 19.2 Å². The Morgan fingerprint density at radius 3 is 2.47 bits per heavy atom. The minimum atomic E-state index is -4.41. The lowest BCUT2D eigenvalue weighted by atomic mass is 10.2. The van der Waals surface area contributed by atoms with Crippen molar-refractivity contribution in [2.24, 2.45) is 5.14 Å². The third-order valence-electron chi connectivity index (χ3n) is 1.88. The van der Waals surface area contributed by atoms with Crippen LogP contribution in [0.5, 0.6) is 0 Å². The predicted octanol–water partition coefficient (Wildman–Crippen LogP) is 0.0288. The number of carbonyl (C=O) groups is 1. The molecule has 2 N–H and O–H groups in total. The fourth-order valence-corrected chi connectivity index (χ4v) is 2.13. The molecule has 0 amide bonds. The van der Waals surface area contributed by atoms with E-state index >= 15 is 0 Å². The van der Waals surface area contributed by atoms with Crippen LogP contribution in [0.25, 0.3) is 0 Å². The first-order valence-electron chi connectivity index (χ1n) is 4.17. The summed E-state index contributed by atoms with van der Waals surface area (Å²) in [4.78, 5) is 20.2. The van der Waals surface area contributed by atoms with E-state index in [1.165, 1.54) is 6.07 Å². The number of nitro groups is 1. The van der Waals surface area contributed by atoms with Crippen LogP contribution < -0.4 is 5.14 Å². The molecule has 1 rings (SSSR count). The number of esters is 1. The molecular formula is C8H8N2O6S. The van der Waals surface area contributed by atoms with E-state index in [1.54, 1.807) is 0 Å². The smallest absolute Gasteiger partial charge is 0.339 e. The van der Waals surface area contributed by atoms with Crippen molar-refractivity contribution in [1.82, 2.24) is 0 Å². The van der Waals surface area contributed by atoms with E-state index in [1.807, 2.05) is 0 Å². The zero-order valence-electron chi connectivity index (χ0n) is 8.61. The third-order valence-corrected chi connectivity index (χ3v) is 2.88. The molecule has 0 aliphatic rings. The molecule has 0 saturated carbocycles. The number of carbonyl (C=O) groups excluding carboxylic acids is 1. The summed E-state index contributed by atoms with van der Waals surface area (Å²) in [6.45, 7) is 0. The number of primary sulfonamides is 1. The summed E-state index contributed by atoms with van der Waals surface area (Å²) in [5.41, 5.74) is -1.24. The Balaban J connectivity index is 3.69. The molecule has 1 aromatic rings. The van der Waals surface area contributed by atoms with Crippen LogP contribution in [0.1, 0.15) is 10.4 Å². The van der Waals surface area contributed by atoms with E-state index in [0.29, 0.717) is 0 Å². The van der Waals surface area contributed by atoms with E-state index in [2.05, 4.69) is 4.74 Å². The normalized spacial score (nSPS) is 10.9. The number of nitro benzene ring substituents is 1. The van der Waals surface area contributed by atoms with Crippen LogP contribution in [-0.4, -0.2) is 26.4 Å². The maximum absolute atomic E-state index is 11.3. The lowest BCUT2D eigenvalue weighted by molar-refractivity contribution is -0.387. The molecular weight excluding hydrogens is 252 g/mol. The van der Waals surface area contributed by atoms with Crippen molar-refractivity contribution in [1.29, 1.82) is 0 Å². The first-order chi connectivity index (χ1) is 7.79. The molecule has 0 saturated heterocycles. The Bertz CT molecular complexity index is 580. The van der Waals surface area contributed by atoms with Crippen LogP contribution in [0.4, 0.5) is 5.69 Å². The van der Waals surface area contributed by atoms with Gasteiger partial charge in [0, 0.05) is 6.07 Å². The minimum Gasteiger partial charge on any atom is -0.465 e. The minimum absolute atomic E-state index is 0.468. The molecule has 0 aliphatic carbocycles.